The molecule has 1 N–H and O–H groups in total. The van der Waals surface area contributed by atoms with E-state index in [0.29, 0.717) is 22.0 Å². The molecule has 0 saturated heterocycles. The van der Waals surface area contributed by atoms with Gasteiger partial charge in [0.15, 0.2) is 5.78 Å². The molecule has 2 rings (SSSR count). The summed E-state index contributed by atoms with van der Waals surface area (Å²) in [5, 5.41) is 3.71. The second-order valence-corrected chi connectivity index (χ2v) is 5.66. The van der Waals surface area contributed by atoms with Gasteiger partial charge in [0, 0.05) is 34.4 Å². The molecular formula is C16H14Cl2N2O2. The number of rotatable bonds is 5. The second kappa shape index (κ2) is 7.38. The second-order valence-electron chi connectivity index (χ2n) is 4.81. The predicted octanol–water partition coefficient (Wildman–Crippen LogP) is 3.32. The summed E-state index contributed by atoms with van der Waals surface area (Å²) in [5.74, 6) is -0.471. The van der Waals surface area contributed by atoms with Crippen LogP contribution in [-0.4, -0.2) is 22.7 Å². The molecule has 0 unspecified atom stereocenters. The van der Waals surface area contributed by atoms with E-state index in [1.807, 2.05) is 0 Å². The number of nitrogens with one attached hydrogen (secondary N) is 1. The summed E-state index contributed by atoms with van der Waals surface area (Å²) < 4.78 is 0. The Morgan fingerprint density at radius 2 is 1.86 bits per heavy atom. The summed E-state index contributed by atoms with van der Waals surface area (Å²) in [6.45, 7) is 1.43. The first-order chi connectivity index (χ1) is 10.5. The van der Waals surface area contributed by atoms with Crippen molar-refractivity contribution in [3.8, 4) is 0 Å². The molecule has 0 radical (unpaired) electrons. The number of benzene rings is 1. The maximum absolute atomic E-state index is 12.1. The molecule has 0 saturated carbocycles. The van der Waals surface area contributed by atoms with E-state index >= 15 is 0 Å². The Hall–Kier alpha value is -1.91. The van der Waals surface area contributed by atoms with Gasteiger partial charge in [0.05, 0.1) is 6.04 Å². The van der Waals surface area contributed by atoms with Gasteiger partial charge in [-0.1, -0.05) is 29.3 Å². The van der Waals surface area contributed by atoms with Gasteiger partial charge in [0.2, 0.25) is 0 Å². The molecule has 0 spiro atoms. The molecule has 4 nitrogen and oxygen atoms in total. The van der Waals surface area contributed by atoms with Crippen LogP contribution in [0.3, 0.4) is 0 Å². The topological polar surface area (TPSA) is 59.1 Å². The number of amides is 1. The van der Waals surface area contributed by atoms with Crippen LogP contribution in [0.2, 0.25) is 10.0 Å². The number of Topliss-reactive ketones (excluding diaryl/α,β-unsaturated/α-hetero) is 1. The summed E-state index contributed by atoms with van der Waals surface area (Å²) in [4.78, 5) is 27.8. The zero-order valence-corrected chi connectivity index (χ0v) is 13.4. The number of carbonyl (C=O) groups is 2. The van der Waals surface area contributed by atoms with Crippen molar-refractivity contribution in [2.24, 2.45) is 0 Å². The largest absolute Gasteiger partial charge is 0.342 e. The Kier molecular flexibility index (Phi) is 5.52. The standard InChI is InChI=1S/C16H14Cl2N2O2/c1-10(21)15(8-12-2-3-13(17)9-14(12)18)20-16(22)11-4-6-19-7-5-11/h2-7,9,15H,8H2,1H3,(H,20,22)/t15-/m1/s1. The van der Waals surface area contributed by atoms with E-state index in [4.69, 9.17) is 23.2 Å². The number of aromatic nitrogens is 1. The van der Waals surface area contributed by atoms with Crippen LogP contribution in [0.5, 0.6) is 0 Å². The van der Waals surface area contributed by atoms with Gasteiger partial charge >= 0.3 is 0 Å². The van der Waals surface area contributed by atoms with Gasteiger partial charge < -0.3 is 5.32 Å². The molecule has 0 aliphatic rings. The molecule has 114 valence electrons. The smallest absolute Gasteiger partial charge is 0.251 e. The summed E-state index contributed by atoms with van der Waals surface area (Å²) >= 11 is 12.0. The maximum Gasteiger partial charge on any atom is 0.251 e. The zero-order chi connectivity index (χ0) is 16.1. The summed E-state index contributed by atoms with van der Waals surface area (Å²) in [6, 6.07) is 7.58. The van der Waals surface area contributed by atoms with E-state index in [9.17, 15) is 9.59 Å². The summed E-state index contributed by atoms with van der Waals surface area (Å²) in [6.07, 6.45) is 3.35. The van der Waals surface area contributed by atoms with Crippen LogP contribution in [0.1, 0.15) is 22.8 Å². The first-order valence-corrected chi connectivity index (χ1v) is 7.38. The Balaban J connectivity index is 2.14. The van der Waals surface area contributed by atoms with E-state index in [1.165, 1.54) is 19.3 Å². The third kappa shape index (κ3) is 4.29. The number of carbonyl (C=O) groups excluding carboxylic acids is 2. The number of ketones is 1. The molecule has 1 amide bonds. The van der Waals surface area contributed by atoms with Gasteiger partial charge in [-0.05, 0) is 36.8 Å². The van der Waals surface area contributed by atoms with E-state index in [0.717, 1.165) is 5.56 Å². The monoisotopic (exact) mass is 336 g/mol. The van der Waals surface area contributed by atoms with Crippen molar-refractivity contribution in [3.05, 3.63) is 63.9 Å². The van der Waals surface area contributed by atoms with Crippen molar-refractivity contribution >= 4 is 34.9 Å². The van der Waals surface area contributed by atoms with Crippen molar-refractivity contribution in [1.82, 2.24) is 10.3 Å². The molecule has 0 aliphatic carbocycles. The highest BCUT2D eigenvalue weighted by atomic mass is 35.5. The molecule has 2 aromatic rings. The van der Waals surface area contributed by atoms with Gasteiger partial charge in [-0.3, -0.25) is 14.6 Å². The fourth-order valence-electron chi connectivity index (χ4n) is 1.95. The average molecular weight is 337 g/mol. The number of hydrogen-bond donors (Lipinski definition) is 1. The molecule has 1 aromatic carbocycles. The SMILES string of the molecule is CC(=O)[C@@H](Cc1ccc(Cl)cc1Cl)NC(=O)c1ccncc1. The normalized spacial score (nSPS) is 11.8. The maximum atomic E-state index is 12.1. The van der Waals surface area contributed by atoms with E-state index in [2.05, 4.69) is 10.3 Å². The lowest BCUT2D eigenvalue weighted by Gasteiger charge is -2.17. The van der Waals surface area contributed by atoms with Crippen LogP contribution in [0.25, 0.3) is 0 Å². The predicted molar refractivity (Wildman–Crippen MR) is 86.3 cm³/mol. The van der Waals surface area contributed by atoms with Crippen LogP contribution in [0.15, 0.2) is 42.7 Å². The number of pyridine rings is 1. The average Bonchev–Trinajstić information content (AvgIpc) is 2.49. The Morgan fingerprint density at radius 3 is 2.45 bits per heavy atom. The minimum atomic E-state index is -0.653. The number of hydrogen-bond acceptors (Lipinski definition) is 3. The molecule has 22 heavy (non-hydrogen) atoms. The highest BCUT2D eigenvalue weighted by molar-refractivity contribution is 6.35. The van der Waals surface area contributed by atoms with E-state index in [-0.39, 0.29) is 11.7 Å². The Labute approximate surface area is 138 Å². The lowest BCUT2D eigenvalue weighted by Crippen LogP contribution is -2.41. The lowest BCUT2D eigenvalue weighted by molar-refractivity contribution is -0.118. The van der Waals surface area contributed by atoms with Gasteiger partial charge in [-0.2, -0.15) is 0 Å². The first-order valence-electron chi connectivity index (χ1n) is 6.62. The molecule has 1 aromatic heterocycles. The van der Waals surface area contributed by atoms with Crippen LogP contribution in [-0.2, 0) is 11.2 Å². The lowest BCUT2D eigenvalue weighted by atomic mass is 10.0. The van der Waals surface area contributed by atoms with Crippen molar-refractivity contribution in [3.63, 3.8) is 0 Å². The van der Waals surface area contributed by atoms with Crippen molar-refractivity contribution in [2.45, 2.75) is 19.4 Å². The van der Waals surface area contributed by atoms with Crippen molar-refractivity contribution in [2.75, 3.05) is 0 Å². The van der Waals surface area contributed by atoms with Gasteiger partial charge in [0.1, 0.15) is 0 Å². The third-order valence-corrected chi connectivity index (χ3v) is 3.76. The fourth-order valence-corrected chi connectivity index (χ4v) is 2.43. The third-order valence-electron chi connectivity index (χ3n) is 3.18. The van der Waals surface area contributed by atoms with E-state index < -0.39 is 6.04 Å². The molecule has 6 heteroatoms. The minimum Gasteiger partial charge on any atom is -0.342 e. The fraction of sp³-hybridized carbons (Fsp3) is 0.188. The summed E-state index contributed by atoms with van der Waals surface area (Å²) in [7, 11) is 0. The molecule has 0 fully saturated rings. The molecule has 0 bridgehead atoms. The Morgan fingerprint density at radius 1 is 1.18 bits per heavy atom. The van der Waals surface area contributed by atoms with Crippen LogP contribution in [0, 0.1) is 0 Å². The quantitative estimate of drug-likeness (QED) is 0.911. The van der Waals surface area contributed by atoms with Crippen LogP contribution >= 0.6 is 23.2 Å². The first kappa shape index (κ1) is 16.5. The van der Waals surface area contributed by atoms with Crippen molar-refractivity contribution < 1.29 is 9.59 Å². The van der Waals surface area contributed by atoms with Crippen LogP contribution < -0.4 is 5.32 Å². The zero-order valence-electron chi connectivity index (χ0n) is 11.8. The number of nitrogens with zero attached hydrogens (tertiary/aromatic N) is 1. The molecule has 0 aliphatic heterocycles. The highest BCUT2D eigenvalue weighted by Gasteiger charge is 2.19. The molecular weight excluding hydrogens is 323 g/mol. The van der Waals surface area contributed by atoms with Gasteiger partial charge in [0.25, 0.3) is 5.91 Å². The summed E-state index contributed by atoms with van der Waals surface area (Å²) in [5.41, 5.74) is 1.20. The van der Waals surface area contributed by atoms with Gasteiger partial charge in [-0.25, -0.2) is 0 Å². The minimum absolute atomic E-state index is 0.145. The number of halogens is 2. The van der Waals surface area contributed by atoms with Gasteiger partial charge in [-0.15, -0.1) is 0 Å². The van der Waals surface area contributed by atoms with E-state index in [1.54, 1.807) is 30.3 Å². The Bertz CT molecular complexity index is 690. The van der Waals surface area contributed by atoms with Crippen LogP contribution in [0.4, 0.5) is 0 Å². The highest BCUT2D eigenvalue weighted by Crippen LogP contribution is 2.22. The van der Waals surface area contributed by atoms with Crippen molar-refractivity contribution in [1.29, 1.82) is 0 Å². The molecule has 1 heterocycles. The molecule has 1 atom stereocenters.